The third-order valence-corrected chi connectivity index (χ3v) is 4.11. The van der Waals surface area contributed by atoms with Crippen molar-refractivity contribution in [2.24, 2.45) is 33.8 Å². The fourth-order valence-corrected chi connectivity index (χ4v) is 2.46. The molecule has 0 aromatic rings. The van der Waals surface area contributed by atoms with Gasteiger partial charge in [0.15, 0.2) is 5.96 Å². The van der Waals surface area contributed by atoms with Gasteiger partial charge in [0.2, 0.25) is 11.8 Å². The first kappa shape index (κ1) is 25.6. The molecule has 0 aliphatic carbocycles. The number of nitrogens with two attached hydrogens (primary N) is 4. The largest absolute Gasteiger partial charge is 0.480 e. The fraction of sp³-hybridized carbons (Fsp3) is 0.765. The van der Waals surface area contributed by atoms with Crippen LogP contribution in [0.3, 0.4) is 0 Å². The van der Waals surface area contributed by atoms with Gasteiger partial charge in [-0.1, -0.05) is 13.8 Å². The van der Waals surface area contributed by atoms with Crippen LogP contribution in [-0.2, 0) is 14.4 Å². The lowest BCUT2D eigenvalue weighted by atomic mass is 10.0. The number of carboxylic acids is 1. The highest BCUT2D eigenvalue weighted by Crippen LogP contribution is 2.06. The minimum atomic E-state index is -1.13. The third-order valence-electron chi connectivity index (χ3n) is 4.11. The lowest BCUT2D eigenvalue weighted by Gasteiger charge is -2.24. The van der Waals surface area contributed by atoms with E-state index in [4.69, 9.17) is 22.9 Å². The maximum absolute atomic E-state index is 12.5. The van der Waals surface area contributed by atoms with Crippen LogP contribution in [0.5, 0.6) is 0 Å². The Morgan fingerprint density at radius 1 is 1.00 bits per heavy atom. The quantitative estimate of drug-likeness (QED) is 0.0999. The fourth-order valence-electron chi connectivity index (χ4n) is 2.46. The Balaban J connectivity index is 4.88. The van der Waals surface area contributed by atoms with Gasteiger partial charge >= 0.3 is 5.97 Å². The second-order valence-electron chi connectivity index (χ2n) is 6.97. The van der Waals surface area contributed by atoms with Gasteiger partial charge in [0.1, 0.15) is 12.1 Å². The van der Waals surface area contributed by atoms with Gasteiger partial charge < -0.3 is 38.7 Å². The molecule has 28 heavy (non-hydrogen) atoms. The summed E-state index contributed by atoms with van der Waals surface area (Å²) in [5.74, 6) is -2.52. The molecule has 0 aliphatic rings. The number of aliphatic imine (C=N–C) groups is 1. The molecule has 0 saturated carbocycles. The van der Waals surface area contributed by atoms with Crippen LogP contribution in [-0.4, -0.2) is 60.1 Å². The van der Waals surface area contributed by atoms with E-state index in [2.05, 4.69) is 15.6 Å². The molecule has 0 saturated heterocycles. The highest BCUT2D eigenvalue weighted by molar-refractivity contribution is 5.91. The van der Waals surface area contributed by atoms with Gasteiger partial charge in [-0.15, -0.1) is 0 Å². The molecule has 162 valence electrons. The summed E-state index contributed by atoms with van der Waals surface area (Å²) in [5.41, 5.74) is 21.8. The van der Waals surface area contributed by atoms with Crippen molar-refractivity contribution in [3.63, 3.8) is 0 Å². The zero-order valence-corrected chi connectivity index (χ0v) is 16.7. The molecule has 0 rings (SSSR count). The third kappa shape index (κ3) is 10.7. The van der Waals surface area contributed by atoms with E-state index in [0.29, 0.717) is 45.2 Å². The summed E-state index contributed by atoms with van der Waals surface area (Å²) in [6, 6.07) is -2.77. The number of nitrogens with one attached hydrogen (secondary N) is 2. The Bertz CT molecular complexity index is 536. The molecule has 11 nitrogen and oxygen atoms in total. The van der Waals surface area contributed by atoms with Gasteiger partial charge in [0, 0.05) is 6.54 Å². The first-order valence-electron chi connectivity index (χ1n) is 9.44. The van der Waals surface area contributed by atoms with Crippen molar-refractivity contribution < 1.29 is 19.5 Å². The summed E-state index contributed by atoms with van der Waals surface area (Å²) >= 11 is 0. The summed E-state index contributed by atoms with van der Waals surface area (Å²) in [6.07, 6.45) is 2.46. The van der Waals surface area contributed by atoms with Crippen molar-refractivity contribution in [3.8, 4) is 0 Å². The highest BCUT2D eigenvalue weighted by Gasteiger charge is 2.29. The Morgan fingerprint density at radius 3 is 2.14 bits per heavy atom. The number of hydrogen-bond acceptors (Lipinski definition) is 6. The average molecular weight is 402 g/mol. The second-order valence-corrected chi connectivity index (χ2v) is 6.97. The van der Waals surface area contributed by atoms with E-state index >= 15 is 0 Å². The molecule has 0 fully saturated rings. The number of carbonyl (C=O) groups is 3. The van der Waals surface area contributed by atoms with Crippen LogP contribution >= 0.6 is 0 Å². The monoisotopic (exact) mass is 401 g/mol. The number of hydrogen-bond donors (Lipinski definition) is 7. The highest BCUT2D eigenvalue weighted by atomic mass is 16.4. The van der Waals surface area contributed by atoms with Gasteiger partial charge in [0.05, 0.1) is 6.04 Å². The molecule has 0 bridgehead atoms. The molecule has 0 aromatic carbocycles. The number of carbonyl (C=O) groups excluding carboxylic acids is 2. The van der Waals surface area contributed by atoms with E-state index in [1.807, 2.05) is 0 Å². The van der Waals surface area contributed by atoms with Crippen LogP contribution in [0.2, 0.25) is 0 Å². The van der Waals surface area contributed by atoms with Crippen LogP contribution in [0, 0.1) is 5.92 Å². The molecule has 0 spiro atoms. The van der Waals surface area contributed by atoms with Crippen LogP contribution in [0.4, 0.5) is 0 Å². The molecule has 3 atom stereocenters. The normalized spacial score (nSPS) is 14.0. The molecule has 0 aliphatic heterocycles. The van der Waals surface area contributed by atoms with Crippen molar-refractivity contribution in [1.82, 2.24) is 10.6 Å². The molecule has 11 heteroatoms. The molecule has 11 N–H and O–H groups in total. The first-order chi connectivity index (χ1) is 13.1. The summed E-state index contributed by atoms with van der Waals surface area (Å²) in [5, 5.41) is 14.3. The lowest BCUT2D eigenvalue weighted by Crippen LogP contribution is -2.55. The smallest absolute Gasteiger partial charge is 0.326 e. The number of amides is 2. The number of carboxylic acid groups (broad SMARTS) is 1. The van der Waals surface area contributed by atoms with Crippen molar-refractivity contribution in [2.45, 2.75) is 64.1 Å². The van der Waals surface area contributed by atoms with Crippen molar-refractivity contribution >= 4 is 23.7 Å². The Morgan fingerprint density at radius 2 is 1.64 bits per heavy atom. The second kappa shape index (κ2) is 13.7. The van der Waals surface area contributed by atoms with Crippen LogP contribution in [0.25, 0.3) is 0 Å². The number of rotatable bonds is 14. The minimum Gasteiger partial charge on any atom is -0.480 e. The molecular formula is C17H35N7O4. The first-order valence-corrected chi connectivity index (χ1v) is 9.44. The standard InChI is InChI=1S/C17H35N7O4/c1-10(2)13(16(27)28)24-15(26)12(7-3-4-8-18)23-14(25)11(19)6-5-9-22-17(20)21/h10-13H,3-9,18-19H2,1-2H3,(H,23,25)(H,24,26)(H,27,28)(H4,20,21,22)/t11-,12-,13-/m0/s1. The van der Waals surface area contributed by atoms with Gasteiger partial charge in [-0.3, -0.25) is 14.6 Å². The predicted octanol–water partition coefficient (Wildman–Crippen LogP) is -1.79. The zero-order chi connectivity index (χ0) is 21.7. The summed E-state index contributed by atoms with van der Waals surface area (Å²) in [6.45, 7) is 4.18. The lowest BCUT2D eigenvalue weighted by molar-refractivity contribution is -0.143. The molecule has 0 heterocycles. The van der Waals surface area contributed by atoms with Crippen LogP contribution in [0.15, 0.2) is 4.99 Å². The maximum Gasteiger partial charge on any atom is 0.326 e. The molecule has 0 unspecified atom stereocenters. The number of guanidine groups is 1. The van der Waals surface area contributed by atoms with Gasteiger partial charge in [-0.05, 0) is 44.6 Å². The zero-order valence-electron chi connectivity index (χ0n) is 16.7. The molecule has 0 radical (unpaired) electrons. The SMILES string of the molecule is CC(C)[C@H](NC(=O)[C@H](CCCCN)NC(=O)[C@@H](N)CCCN=C(N)N)C(=O)O. The number of aliphatic carboxylic acids is 1. The van der Waals surface area contributed by atoms with E-state index in [9.17, 15) is 19.5 Å². The minimum absolute atomic E-state index is 0.0344. The van der Waals surface area contributed by atoms with E-state index in [0.717, 1.165) is 0 Å². The average Bonchev–Trinajstić information content (AvgIpc) is 2.61. The number of nitrogens with zero attached hydrogens (tertiary/aromatic N) is 1. The summed E-state index contributed by atoms with van der Waals surface area (Å²) < 4.78 is 0. The van der Waals surface area contributed by atoms with Gasteiger partial charge in [-0.2, -0.15) is 0 Å². The van der Waals surface area contributed by atoms with E-state index in [-0.39, 0.29) is 11.9 Å². The number of unbranched alkanes of at least 4 members (excludes halogenated alkanes) is 1. The van der Waals surface area contributed by atoms with E-state index in [1.54, 1.807) is 13.8 Å². The van der Waals surface area contributed by atoms with Gasteiger partial charge in [-0.25, -0.2) is 4.79 Å². The molecule has 2 amide bonds. The summed E-state index contributed by atoms with van der Waals surface area (Å²) in [4.78, 5) is 40.0. The van der Waals surface area contributed by atoms with Crippen molar-refractivity contribution in [3.05, 3.63) is 0 Å². The Labute approximate surface area is 165 Å². The summed E-state index contributed by atoms with van der Waals surface area (Å²) in [7, 11) is 0. The topological polar surface area (TPSA) is 212 Å². The van der Waals surface area contributed by atoms with Gasteiger partial charge in [0.25, 0.3) is 0 Å². The van der Waals surface area contributed by atoms with Crippen LogP contribution < -0.4 is 33.6 Å². The Hall–Kier alpha value is -2.40. The van der Waals surface area contributed by atoms with E-state index < -0.39 is 35.9 Å². The van der Waals surface area contributed by atoms with E-state index in [1.165, 1.54) is 0 Å². The van der Waals surface area contributed by atoms with Crippen molar-refractivity contribution in [1.29, 1.82) is 0 Å². The van der Waals surface area contributed by atoms with Crippen LogP contribution in [0.1, 0.15) is 46.0 Å². The molecular weight excluding hydrogens is 366 g/mol. The predicted molar refractivity (Wildman–Crippen MR) is 107 cm³/mol. The Kier molecular flexibility index (Phi) is 12.5. The van der Waals surface area contributed by atoms with Crippen molar-refractivity contribution in [2.75, 3.05) is 13.1 Å². The molecule has 0 aromatic heterocycles. The maximum atomic E-state index is 12.5.